The van der Waals surface area contributed by atoms with Crippen LogP contribution in [0.25, 0.3) is 10.4 Å². The van der Waals surface area contributed by atoms with Crippen LogP contribution in [-0.4, -0.2) is 19.1 Å². The van der Waals surface area contributed by atoms with E-state index in [9.17, 15) is 4.79 Å². The van der Waals surface area contributed by atoms with E-state index in [0.29, 0.717) is 19.6 Å². The van der Waals surface area contributed by atoms with Gasteiger partial charge in [0.05, 0.1) is 12.5 Å². The Hall–Kier alpha value is -1.22. The van der Waals surface area contributed by atoms with Crippen LogP contribution in [0.3, 0.4) is 0 Å². The van der Waals surface area contributed by atoms with Crippen LogP contribution >= 0.6 is 0 Å². The number of rotatable bonds is 6. The Morgan fingerprint density at radius 3 is 2.92 bits per heavy atom. The van der Waals surface area contributed by atoms with Crippen LogP contribution in [0.2, 0.25) is 0 Å². The maximum atomic E-state index is 11.1. The van der Waals surface area contributed by atoms with E-state index in [1.165, 1.54) is 0 Å². The van der Waals surface area contributed by atoms with Gasteiger partial charge in [0.2, 0.25) is 0 Å². The lowest BCUT2D eigenvalue weighted by atomic mass is 10.1. The van der Waals surface area contributed by atoms with Gasteiger partial charge in [-0.3, -0.25) is 4.79 Å². The molecule has 13 heavy (non-hydrogen) atoms. The van der Waals surface area contributed by atoms with E-state index in [0.717, 1.165) is 6.42 Å². The molecule has 5 nitrogen and oxygen atoms in total. The molecule has 0 bridgehead atoms. The quantitative estimate of drug-likeness (QED) is 0.209. The molecule has 0 radical (unpaired) electrons. The molecule has 74 valence electrons. The Bertz CT molecular complexity index is 200. The van der Waals surface area contributed by atoms with Crippen molar-refractivity contribution in [3.8, 4) is 0 Å². The van der Waals surface area contributed by atoms with E-state index in [4.69, 9.17) is 10.3 Å². The van der Waals surface area contributed by atoms with Gasteiger partial charge in [0.1, 0.15) is 0 Å². The summed E-state index contributed by atoms with van der Waals surface area (Å²) in [5, 5.41) is 3.32. The van der Waals surface area contributed by atoms with E-state index >= 15 is 0 Å². The highest BCUT2D eigenvalue weighted by Crippen LogP contribution is 2.03. The van der Waals surface area contributed by atoms with Gasteiger partial charge < -0.3 is 4.74 Å². The molecule has 0 rings (SSSR count). The number of azide groups is 1. The Morgan fingerprint density at radius 2 is 2.38 bits per heavy atom. The van der Waals surface area contributed by atoms with E-state index in [-0.39, 0.29) is 11.9 Å². The number of ether oxygens (including phenoxy) is 1. The van der Waals surface area contributed by atoms with E-state index in [1.54, 1.807) is 0 Å². The fourth-order valence-corrected chi connectivity index (χ4v) is 0.662. The molecule has 1 unspecified atom stereocenters. The third-order valence-corrected chi connectivity index (χ3v) is 1.72. The van der Waals surface area contributed by atoms with Gasteiger partial charge >= 0.3 is 5.97 Å². The van der Waals surface area contributed by atoms with Crippen molar-refractivity contribution in [1.29, 1.82) is 0 Å². The third-order valence-electron chi connectivity index (χ3n) is 1.72. The van der Waals surface area contributed by atoms with Gasteiger partial charge in [-0.05, 0) is 18.4 Å². The van der Waals surface area contributed by atoms with Crippen LogP contribution < -0.4 is 0 Å². The van der Waals surface area contributed by atoms with Crippen molar-refractivity contribution in [2.45, 2.75) is 26.7 Å². The molecule has 0 N–H and O–H groups in total. The summed E-state index contributed by atoms with van der Waals surface area (Å²) in [6, 6.07) is 0. The summed E-state index contributed by atoms with van der Waals surface area (Å²) >= 11 is 0. The predicted molar refractivity (Wildman–Crippen MR) is 49.0 cm³/mol. The number of hydrogen-bond donors (Lipinski definition) is 0. The number of carbonyl (C=O) groups excluding carboxylic acids is 1. The van der Waals surface area contributed by atoms with Crippen LogP contribution in [0.4, 0.5) is 0 Å². The summed E-state index contributed by atoms with van der Waals surface area (Å²) in [5.74, 6) is -0.220. The highest BCUT2D eigenvalue weighted by Gasteiger charge is 2.10. The molecule has 0 aliphatic carbocycles. The second-order valence-corrected chi connectivity index (χ2v) is 2.78. The fraction of sp³-hybridized carbons (Fsp3) is 0.875. The molecule has 0 saturated heterocycles. The molecule has 0 fully saturated rings. The Morgan fingerprint density at radius 1 is 1.69 bits per heavy atom. The number of nitrogens with zero attached hydrogens (tertiary/aromatic N) is 3. The summed E-state index contributed by atoms with van der Waals surface area (Å²) in [6.45, 7) is 4.48. The van der Waals surface area contributed by atoms with Gasteiger partial charge in [-0.1, -0.05) is 19.0 Å². The SMILES string of the molecule is CCC(C)C(=O)OCCCN=[N+]=[N-]. The zero-order chi connectivity index (χ0) is 10.1. The third kappa shape index (κ3) is 5.99. The van der Waals surface area contributed by atoms with Gasteiger partial charge in [-0.15, -0.1) is 0 Å². The molecule has 0 aliphatic rings. The summed E-state index contributed by atoms with van der Waals surface area (Å²) < 4.78 is 4.92. The van der Waals surface area contributed by atoms with E-state index in [2.05, 4.69) is 10.0 Å². The first-order valence-corrected chi connectivity index (χ1v) is 4.39. The molecule has 0 aromatic heterocycles. The molecular weight excluding hydrogens is 170 g/mol. The molecule has 0 aromatic rings. The Kier molecular flexibility index (Phi) is 6.73. The highest BCUT2D eigenvalue weighted by atomic mass is 16.5. The minimum absolute atomic E-state index is 0.0422. The van der Waals surface area contributed by atoms with Crippen molar-refractivity contribution in [2.24, 2.45) is 11.0 Å². The van der Waals surface area contributed by atoms with Crippen LogP contribution in [0, 0.1) is 5.92 Å². The van der Waals surface area contributed by atoms with Gasteiger partial charge in [0, 0.05) is 11.5 Å². The van der Waals surface area contributed by atoms with Crippen molar-refractivity contribution in [2.75, 3.05) is 13.2 Å². The minimum Gasteiger partial charge on any atom is -0.465 e. The monoisotopic (exact) mass is 185 g/mol. The van der Waals surface area contributed by atoms with Gasteiger partial charge in [-0.25, -0.2) is 0 Å². The molecule has 0 amide bonds. The molecule has 0 aliphatic heterocycles. The van der Waals surface area contributed by atoms with Crippen molar-refractivity contribution >= 4 is 5.97 Å². The fourth-order valence-electron chi connectivity index (χ4n) is 0.662. The summed E-state index contributed by atoms with van der Waals surface area (Å²) in [7, 11) is 0. The van der Waals surface area contributed by atoms with Crippen LogP contribution in [0.15, 0.2) is 5.11 Å². The maximum Gasteiger partial charge on any atom is 0.308 e. The normalized spacial score (nSPS) is 11.5. The van der Waals surface area contributed by atoms with E-state index in [1.807, 2.05) is 13.8 Å². The number of esters is 1. The zero-order valence-electron chi connectivity index (χ0n) is 8.06. The van der Waals surface area contributed by atoms with Gasteiger partial charge in [-0.2, -0.15) is 0 Å². The molecular formula is C8H15N3O2. The van der Waals surface area contributed by atoms with Crippen molar-refractivity contribution in [3.05, 3.63) is 10.4 Å². The topological polar surface area (TPSA) is 75.1 Å². The van der Waals surface area contributed by atoms with Crippen LogP contribution in [-0.2, 0) is 9.53 Å². The average Bonchev–Trinajstić information content (AvgIpc) is 2.16. The zero-order valence-corrected chi connectivity index (χ0v) is 8.06. The Balaban J connectivity index is 3.42. The maximum absolute atomic E-state index is 11.1. The lowest BCUT2D eigenvalue weighted by molar-refractivity contribution is -0.148. The predicted octanol–water partition coefficient (Wildman–Crippen LogP) is 2.28. The lowest BCUT2D eigenvalue weighted by Crippen LogP contribution is -2.14. The Labute approximate surface area is 77.7 Å². The molecule has 5 heteroatoms. The molecule has 0 saturated carbocycles. The summed E-state index contributed by atoms with van der Waals surface area (Å²) in [6.07, 6.45) is 1.38. The highest BCUT2D eigenvalue weighted by molar-refractivity contribution is 5.71. The molecule has 0 heterocycles. The first-order chi connectivity index (χ1) is 6.22. The average molecular weight is 185 g/mol. The summed E-state index contributed by atoms with van der Waals surface area (Å²) in [4.78, 5) is 13.7. The number of hydrogen-bond acceptors (Lipinski definition) is 3. The molecule has 1 atom stereocenters. The molecule has 0 aromatic carbocycles. The second-order valence-electron chi connectivity index (χ2n) is 2.78. The first kappa shape index (κ1) is 11.8. The van der Waals surface area contributed by atoms with Crippen LogP contribution in [0.5, 0.6) is 0 Å². The number of carbonyl (C=O) groups is 1. The largest absolute Gasteiger partial charge is 0.465 e. The van der Waals surface area contributed by atoms with Crippen molar-refractivity contribution in [1.82, 2.24) is 0 Å². The van der Waals surface area contributed by atoms with Gasteiger partial charge in [0.25, 0.3) is 0 Å². The minimum atomic E-state index is -0.177. The summed E-state index contributed by atoms with van der Waals surface area (Å²) in [5.41, 5.74) is 7.95. The van der Waals surface area contributed by atoms with Crippen LogP contribution in [0.1, 0.15) is 26.7 Å². The van der Waals surface area contributed by atoms with E-state index < -0.39 is 0 Å². The first-order valence-electron chi connectivity index (χ1n) is 4.39. The second kappa shape index (κ2) is 7.43. The lowest BCUT2D eigenvalue weighted by Gasteiger charge is -2.07. The molecule has 0 spiro atoms. The smallest absolute Gasteiger partial charge is 0.308 e. The standard InChI is InChI=1S/C8H15N3O2/c1-3-7(2)8(12)13-6-4-5-10-11-9/h7H,3-6H2,1-2H3. The van der Waals surface area contributed by atoms with Crippen molar-refractivity contribution in [3.63, 3.8) is 0 Å². The van der Waals surface area contributed by atoms with Gasteiger partial charge in [0.15, 0.2) is 0 Å². The van der Waals surface area contributed by atoms with Crippen molar-refractivity contribution < 1.29 is 9.53 Å².